The van der Waals surface area contributed by atoms with Crippen LogP contribution in [0.25, 0.3) is 22.3 Å². The third-order valence-corrected chi connectivity index (χ3v) is 11.1. The van der Waals surface area contributed by atoms with Gasteiger partial charge in [0.25, 0.3) is 0 Å². The van der Waals surface area contributed by atoms with Crippen LogP contribution in [-0.2, 0) is 28.8 Å². The summed E-state index contributed by atoms with van der Waals surface area (Å²) in [7, 11) is 0. The lowest BCUT2D eigenvalue weighted by molar-refractivity contribution is -0.139. The molecular formula is C46H64O7. The van der Waals surface area contributed by atoms with E-state index in [1.807, 2.05) is 0 Å². The Morgan fingerprint density at radius 2 is 1.40 bits per heavy atom. The van der Waals surface area contributed by atoms with E-state index in [0.29, 0.717) is 42.9 Å². The molecule has 0 bridgehead atoms. The molecule has 0 radical (unpaired) electrons. The fourth-order valence-corrected chi connectivity index (χ4v) is 7.56. The molecule has 0 aromatic heterocycles. The Balaban J connectivity index is 1.61. The lowest BCUT2D eigenvalue weighted by Gasteiger charge is -2.29. The van der Waals surface area contributed by atoms with Crippen molar-refractivity contribution in [2.45, 2.75) is 110 Å². The van der Waals surface area contributed by atoms with Gasteiger partial charge in [-0.25, -0.2) is 4.79 Å². The minimum atomic E-state index is -1.21. The van der Waals surface area contributed by atoms with Crippen LogP contribution in [-0.4, -0.2) is 66.0 Å². The number of aliphatic hydroxyl groups is 4. The molecule has 53 heavy (non-hydrogen) atoms. The van der Waals surface area contributed by atoms with Crippen molar-refractivity contribution in [1.29, 1.82) is 0 Å². The zero-order valence-corrected chi connectivity index (χ0v) is 32.5. The van der Waals surface area contributed by atoms with Crippen LogP contribution in [0.4, 0.5) is 0 Å². The van der Waals surface area contributed by atoms with E-state index in [-0.39, 0.29) is 19.8 Å². The first kappa shape index (κ1) is 42.3. The highest BCUT2D eigenvalue weighted by Crippen LogP contribution is 2.40. The molecule has 0 saturated heterocycles. The number of hydrogen-bond donors (Lipinski definition) is 4. The van der Waals surface area contributed by atoms with Crippen molar-refractivity contribution in [3.05, 3.63) is 89.0 Å². The molecule has 0 aliphatic heterocycles. The zero-order chi connectivity index (χ0) is 38.2. The molecular weight excluding hydrogens is 664 g/mol. The molecule has 1 fully saturated rings. The fourth-order valence-electron chi connectivity index (χ4n) is 7.56. The minimum Gasteiger partial charge on any atom is -0.492 e. The average molecular weight is 729 g/mol. The van der Waals surface area contributed by atoms with Crippen molar-refractivity contribution in [2.75, 3.05) is 39.6 Å². The van der Waals surface area contributed by atoms with E-state index in [1.165, 1.54) is 73.6 Å². The summed E-state index contributed by atoms with van der Waals surface area (Å²) < 4.78 is 11.7. The predicted octanol–water partition coefficient (Wildman–Crippen LogP) is 8.76. The zero-order valence-electron chi connectivity index (χ0n) is 32.5. The molecule has 0 amide bonds. The van der Waals surface area contributed by atoms with E-state index in [4.69, 9.17) is 9.47 Å². The van der Waals surface area contributed by atoms with Crippen LogP contribution in [0.15, 0.2) is 66.7 Å². The van der Waals surface area contributed by atoms with Crippen LogP contribution in [0.2, 0.25) is 0 Å². The molecule has 7 nitrogen and oxygen atoms in total. The summed E-state index contributed by atoms with van der Waals surface area (Å²) in [6.45, 7) is 8.55. The normalized spacial score (nSPS) is 16.1. The number of hydrogen-bond acceptors (Lipinski definition) is 7. The molecule has 290 valence electrons. The third-order valence-electron chi connectivity index (χ3n) is 11.1. The average Bonchev–Trinajstić information content (AvgIpc) is 3.19. The molecule has 1 aliphatic carbocycles. The largest absolute Gasteiger partial charge is 0.492 e. The minimum absolute atomic E-state index is 0.0116. The summed E-state index contributed by atoms with van der Waals surface area (Å²) in [5.74, 6) is 1.74. The van der Waals surface area contributed by atoms with Crippen LogP contribution >= 0.6 is 0 Å². The lowest BCUT2D eigenvalue weighted by atomic mass is 9.77. The second-order valence-corrected chi connectivity index (χ2v) is 15.3. The second-order valence-electron chi connectivity index (χ2n) is 15.3. The van der Waals surface area contributed by atoms with Crippen LogP contribution in [0, 0.1) is 11.3 Å². The molecule has 4 N–H and O–H groups in total. The number of unbranched alkanes of at least 4 members (excludes halogenated alkanes) is 2. The van der Waals surface area contributed by atoms with Gasteiger partial charge in [-0.15, -0.1) is 0 Å². The second kappa shape index (κ2) is 21.4. The van der Waals surface area contributed by atoms with Gasteiger partial charge in [0.15, 0.2) is 0 Å². The van der Waals surface area contributed by atoms with Gasteiger partial charge >= 0.3 is 5.97 Å². The van der Waals surface area contributed by atoms with Crippen molar-refractivity contribution in [3.63, 3.8) is 0 Å². The van der Waals surface area contributed by atoms with E-state index in [1.54, 1.807) is 6.92 Å². The molecule has 0 unspecified atom stereocenters. The van der Waals surface area contributed by atoms with E-state index in [0.717, 1.165) is 34.6 Å². The molecule has 1 aliphatic rings. The summed E-state index contributed by atoms with van der Waals surface area (Å²) in [5, 5.41) is 39.7. The Bertz CT molecular complexity index is 1570. The standard InChI is InChI=1S/C46H64O7/c1-5-7-8-11-34-14-16-36(17-15-34)37-18-20-38(21-19-37)39-22-23-43(35(6-2)26-39)42-27-40(12-9-24-47)44(53-32-46(29-48,30-49)31-50)41(28-42)13-10-25-52-45(51)33(3)4/h18-23,26-28,34,36,47-50H,3,5-17,24-25,29-32H2,1-2,4H3. The number of aliphatic hydroxyl groups excluding tert-OH is 4. The van der Waals surface area contributed by atoms with Gasteiger partial charge in [0.2, 0.25) is 0 Å². The first-order chi connectivity index (χ1) is 25.7. The highest BCUT2D eigenvalue weighted by Gasteiger charge is 2.30. The smallest absolute Gasteiger partial charge is 0.333 e. The monoisotopic (exact) mass is 728 g/mol. The molecule has 3 aromatic carbocycles. The van der Waals surface area contributed by atoms with Gasteiger partial charge < -0.3 is 29.9 Å². The van der Waals surface area contributed by atoms with Gasteiger partial charge in [-0.05, 0) is 133 Å². The maximum Gasteiger partial charge on any atom is 0.333 e. The van der Waals surface area contributed by atoms with Gasteiger partial charge in [0.1, 0.15) is 12.4 Å². The van der Waals surface area contributed by atoms with E-state index < -0.39 is 31.2 Å². The molecule has 0 heterocycles. The summed E-state index contributed by atoms with van der Waals surface area (Å²) in [4.78, 5) is 12.0. The van der Waals surface area contributed by atoms with Gasteiger partial charge in [-0.2, -0.15) is 0 Å². The third kappa shape index (κ3) is 11.7. The fraction of sp³-hybridized carbons (Fsp3) is 0.543. The van der Waals surface area contributed by atoms with Crippen molar-refractivity contribution >= 4 is 5.97 Å². The van der Waals surface area contributed by atoms with Crippen molar-refractivity contribution < 1.29 is 34.7 Å². The van der Waals surface area contributed by atoms with Crippen molar-refractivity contribution in [3.8, 4) is 28.0 Å². The van der Waals surface area contributed by atoms with Gasteiger partial charge in [-0.1, -0.05) is 88.6 Å². The highest BCUT2D eigenvalue weighted by molar-refractivity contribution is 5.86. The summed E-state index contributed by atoms with van der Waals surface area (Å²) in [6.07, 6.45) is 13.7. The number of carbonyl (C=O) groups excluding carboxylic acids is 1. The Labute approximate surface area is 318 Å². The van der Waals surface area contributed by atoms with Crippen LogP contribution in [0.3, 0.4) is 0 Å². The van der Waals surface area contributed by atoms with Crippen LogP contribution < -0.4 is 4.74 Å². The van der Waals surface area contributed by atoms with E-state index in [9.17, 15) is 25.2 Å². The van der Waals surface area contributed by atoms with Crippen molar-refractivity contribution in [1.82, 2.24) is 0 Å². The molecule has 0 spiro atoms. The highest BCUT2D eigenvalue weighted by atomic mass is 16.5. The summed E-state index contributed by atoms with van der Waals surface area (Å²) >= 11 is 0. The Kier molecular flexibility index (Phi) is 17.1. The van der Waals surface area contributed by atoms with Crippen LogP contribution in [0.5, 0.6) is 5.75 Å². The van der Waals surface area contributed by atoms with Gasteiger partial charge in [0.05, 0.1) is 31.8 Å². The molecule has 3 aromatic rings. The molecule has 4 rings (SSSR count). The number of ether oxygens (including phenoxy) is 2. The topological polar surface area (TPSA) is 116 Å². The maximum atomic E-state index is 12.0. The Hall–Kier alpha value is -3.49. The SMILES string of the molecule is C=C(C)C(=O)OCCCc1cc(-c2ccc(-c3ccc(C4CCC(CCCCC)CC4)cc3)cc2CC)cc(CCCO)c1OCC(CO)(CO)CO. The number of rotatable bonds is 22. The number of aryl methyl sites for hydroxylation is 3. The first-order valence-corrected chi connectivity index (χ1v) is 20.0. The molecule has 0 atom stereocenters. The number of carbonyl (C=O) groups is 1. The maximum absolute atomic E-state index is 12.0. The lowest BCUT2D eigenvalue weighted by Crippen LogP contribution is -2.40. The quantitative estimate of drug-likeness (QED) is 0.0465. The van der Waals surface area contributed by atoms with Crippen molar-refractivity contribution in [2.24, 2.45) is 11.3 Å². The number of benzene rings is 3. The van der Waals surface area contributed by atoms with E-state index in [2.05, 4.69) is 75.0 Å². The van der Waals surface area contributed by atoms with E-state index >= 15 is 0 Å². The van der Waals surface area contributed by atoms with Gasteiger partial charge in [0, 0.05) is 12.2 Å². The summed E-state index contributed by atoms with van der Waals surface area (Å²) in [5.41, 5.74) is 8.14. The molecule has 1 saturated carbocycles. The first-order valence-electron chi connectivity index (χ1n) is 20.0. The Morgan fingerprint density at radius 3 is 1.98 bits per heavy atom. The predicted molar refractivity (Wildman–Crippen MR) is 214 cm³/mol. The van der Waals surface area contributed by atoms with Crippen LogP contribution in [0.1, 0.15) is 113 Å². The molecule has 7 heteroatoms. The van der Waals surface area contributed by atoms with Gasteiger partial charge in [-0.3, -0.25) is 0 Å². The summed E-state index contributed by atoms with van der Waals surface area (Å²) in [6, 6.07) is 20.1. The number of esters is 1. The Morgan fingerprint density at radius 1 is 0.774 bits per heavy atom.